The van der Waals surface area contributed by atoms with Crippen LogP contribution in [0, 0.1) is 10.1 Å². The fraction of sp³-hybridized carbons (Fsp3) is 0.316. The number of benzene rings is 2. The lowest BCUT2D eigenvalue weighted by atomic mass is 10.0. The Morgan fingerprint density at radius 3 is 2.64 bits per heavy atom. The van der Waals surface area contributed by atoms with E-state index in [1.165, 1.54) is 30.4 Å². The minimum Gasteiger partial charge on any atom is -0.496 e. The summed E-state index contributed by atoms with van der Waals surface area (Å²) in [6.07, 6.45) is 2.31. The third kappa shape index (κ3) is 3.47. The summed E-state index contributed by atoms with van der Waals surface area (Å²) in [5.74, 6) is 0.212. The molecule has 0 aromatic heterocycles. The first-order valence-corrected chi connectivity index (χ1v) is 8.14. The SMILES string of the molecule is COc1ccc(O[C@@H](C)C(=O)c2ccc3c(c2)CCC3)c([N+](=O)[O-])c1. The molecule has 0 fully saturated rings. The average molecular weight is 341 g/mol. The Morgan fingerprint density at radius 2 is 1.92 bits per heavy atom. The number of methoxy groups -OCH3 is 1. The Bertz CT molecular complexity index is 831. The minimum atomic E-state index is -0.827. The number of fused-ring (bicyclic) bond motifs is 1. The van der Waals surface area contributed by atoms with Gasteiger partial charge in [0.05, 0.1) is 18.1 Å². The third-order valence-corrected chi connectivity index (χ3v) is 4.42. The number of aryl methyl sites for hydroxylation is 2. The lowest BCUT2D eigenvalue weighted by molar-refractivity contribution is -0.386. The summed E-state index contributed by atoms with van der Waals surface area (Å²) in [7, 11) is 1.43. The van der Waals surface area contributed by atoms with Gasteiger partial charge in [-0.25, -0.2) is 0 Å². The number of nitrogens with zero attached hydrogens (tertiary/aromatic N) is 1. The van der Waals surface area contributed by atoms with E-state index in [1.54, 1.807) is 19.1 Å². The summed E-state index contributed by atoms with van der Waals surface area (Å²) in [5, 5.41) is 11.2. The molecule has 1 aliphatic carbocycles. The van der Waals surface area contributed by atoms with E-state index in [-0.39, 0.29) is 17.2 Å². The van der Waals surface area contributed by atoms with Crippen molar-refractivity contribution in [3.8, 4) is 11.5 Å². The zero-order valence-corrected chi connectivity index (χ0v) is 14.2. The Hall–Kier alpha value is -2.89. The number of nitro groups is 1. The smallest absolute Gasteiger partial charge is 0.314 e. The summed E-state index contributed by atoms with van der Waals surface area (Å²) in [4.78, 5) is 23.3. The highest BCUT2D eigenvalue weighted by Gasteiger charge is 2.24. The van der Waals surface area contributed by atoms with Gasteiger partial charge in [-0.05, 0) is 55.5 Å². The quantitative estimate of drug-likeness (QED) is 0.454. The molecule has 2 aromatic carbocycles. The Labute approximate surface area is 145 Å². The molecule has 6 nitrogen and oxygen atoms in total. The predicted octanol–water partition coefficient (Wildman–Crippen LogP) is 3.74. The van der Waals surface area contributed by atoms with E-state index in [2.05, 4.69) is 0 Å². The van der Waals surface area contributed by atoms with Gasteiger partial charge in [0.2, 0.25) is 5.78 Å². The number of rotatable bonds is 6. The van der Waals surface area contributed by atoms with E-state index >= 15 is 0 Å². The van der Waals surface area contributed by atoms with Gasteiger partial charge in [0.25, 0.3) is 0 Å². The lowest BCUT2D eigenvalue weighted by Crippen LogP contribution is -2.24. The van der Waals surface area contributed by atoms with Crippen LogP contribution < -0.4 is 9.47 Å². The number of hydrogen-bond donors (Lipinski definition) is 0. The molecule has 1 atom stereocenters. The van der Waals surface area contributed by atoms with Gasteiger partial charge in [0, 0.05) is 5.56 Å². The van der Waals surface area contributed by atoms with Gasteiger partial charge in [-0.2, -0.15) is 0 Å². The van der Waals surface area contributed by atoms with Crippen LogP contribution in [0.1, 0.15) is 34.8 Å². The fourth-order valence-electron chi connectivity index (χ4n) is 3.07. The summed E-state index contributed by atoms with van der Waals surface area (Å²) in [6, 6.07) is 9.99. The molecular weight excluding hydrogens is 322 g/mol. The van der Waals surface area contributed by atoms with Crippen LogP contribution in [0.3, 0.4) is 0 Å². The van der Waals surface area contributed by atoms with Crippen LogP contribution >= 0.6 is 0 Å². The largest absolute Gasteiger partial charge is 0.496 e. The predicted molar refractivity (Wildman–Crippen MR) is 92.5 cm³/mol. The zero-order chi connectivity index (χ0) is 18.0. The van der Waals surface area contributed by atoms with Crippen LogP contribution in [0.25, 0.3) is 0 Å². The summed E-state index contributed by atoms with van der Waals surface area (Å²) < 4.78 is 10.6. The van der Waals surface area contributed by atoms with E-state index in [0.717, 1.165) is 19.3 Å². The summed E-state index contributed by atoms with van der Waals surface area (Å²) >= 11 is 0. The minimum absolute atomic E-state index is 0.0489. The molecule has 0 saturated carbocycles. The molecule has 1 aliphatic rings. The van der Waals surface area contributed by atoms with Gasteiger partial charge in [-0.3, -0.25) is 14.9 Å². The zero-order valence-electron chi connectivity index (χ0n) is 14.2. The second-order valence-corrected chi connectivity index (χ2v) is 6.05. The van der Waals surface area contributed by atoms with Crippen molar-refractivity contribution in [3.63, 3.8) is 0 Å². The highest BCUT2D eigenvalue weighted by atomic mass is 16.6. The molecule has 0 unspecified atom stereocenters. The molecule has 6 heteroatoms. The fourth-order valence-corrected chi connectivity index (χ4v) is 3.07. The maximum atomic E-state index is 12.6. The molecule has 0 radical (unpaired) electrons. The maximum absolute atomic E-state index is 12.6. The molecule has 0 heterocycles. The first-order chi connectivity index (χ1) is 12.0. The van der Waals surface area contributed by atoms with Crippen molar-refractivity contribution in [2.24, 2.45) is 0 Å². The normalized spacial score (nSPS) is 13.8. The Balaban J connectivity index is 1.81. The van der Waals surface area contributed by atoms with Gasteiger partial charge >= 0.3 is 5.69 Å². The molecule has 0 amide bonds. The van der Waals surface area contributed by atoms with Gasteiger partial charge in [0.1, 0.15) is 5.75 Å². The van der Waals surface area contributed by atoms with Crippen LogP contribution in [0.15, 0.2) is 36.4 Å². The van der Waals surface area contributed by atoms with E-state index < -0.39 is 11.0 Å². The standard InChI is InChI=1S/C19H19NO5/c1-12(19(21)15-7-6-13-4-3-5-14(13)10-15)25-18-9-8-16(24-2)11-17(18)20(22)23/h6-12H,3-5H2,1-2H3/t12-/m0/s1. The number of Topliss-reactive ketones (excluding diaryl/α,β-unsaturated/α-hetero) is 1. The number of hydrogen-bond acceptors (Lipinski definition) is 5. The molecule has 2 aromatic rings. The van der Waals surface area contributed by atoms with E-state index in [9.17, 15) is 14.9 Å². The lowest BCUT2D eigenvalue weighted by Gasteiger charge is -2.15. The van der Waals surface area contributed by atoms with Gasteiger partial charge in [-0.1, -0.05) is 12.1 Å². The van der Waals surface area contributed by atoms with Gasteiger partial charge in [0.15, 0.2) is 11.9 Å². The maximum Gasteiger partial charge on any atom is 0.314 e. The molecule has 0 spiro atoms. The summed E-state index contributed by atoms with van der Waals surface area (Å²) in [6.45, 7) is 1.60. The molecule has 3 rings (SSSR count). The molecule has 0 N–H and O–H groups in total. The van der Waals surface area contributed by atoms with Crippen molar-refractivity contribution in [2.75, 3.05) is 7.11 Å². The molecule has 0 bridgehead atoms. The number of carbonyl (C=O) groups is 1. The number of ether oxygens (including phenoxy) is 2. The average Bonchev–Trinajstić information content (AvgIpc) is 3.08. The molecule has 25 heavy (non-hydrogen) atoms. The molecule has 0 aliphatic heterocycles. The number of carbonyl (C=O) groups excluding carboxylic acids is 1. The first kappa shape index (κ1) is 17.0. The van der Waals surface area contributed by atoms with Crippen molar-refractivity contribution in [1.82, 2.24) is 0 Å². The second kappa shape index (κ2) is 6.93. The van der Waals surface area contributed by atoms with Gasteiger partial charge in [-0.15, -0.1) is 0 Å². The van der Waals surface area contributed by atoms with Crippen LogP contribution in [0.4, 0.5) is 5.69 Å². The van der Waals surface area contributed by atoms with Crippen LogP contribution in [-0.2, 0) is 12.8 Å². The number of ketones is 1. The first-order valence-electron chi connectivity index (χ1n) is 8.14. The Morgan fingerprint density at radius 1 is 1.16 bits per heavy atom. The summed E-state index contributed by atoms with van der Waals surface area (Å²) in [5.41, 5.74) is 2.83. The van der Waals surface area contributed by atoms with E-state index in [0.29, 0.717) is 11.3 Å². The Kier molecular flexibility index (Phi) is 4.70. The van der Waals surface area contributed by atoms with E-state index in [1.807, 2.05) is 12.1 Å². The van der Waals surface area contributed by atoms with Gasteiger partial charge < -0.3 is 9.47 Å². The van der Waals surface area contributed by atoms with Crippen molar-refractivity contribution < 1.29 is 19.2 Å². The van der Waals surface area contributed by atoms with Crippen molar-refractivity contribution in [3.05, 3.63) is 63.2 Å². The van der Waals surface area contributed by atoms with Crippen molar-refractivity contribution >= 4 is 11.5 Å². The topological polar surface area (TPSA) is 78.7 Å². The van der Waals surface area contributed by atoms with Crippen molar-refractivity contribution in [2.45, 2.75) is 32.3 Å². The van der Waals surface area contributed by atoms with Crippen LogP contribution in [-0.4, -0.2) is 23.9 Å². The van der Waals surface area contributed by atoms with E-state index in [4.69, 9.17) is 9.47 Å². The highest BCUT2D eigenvalue weighted by molar-refractivity contribution is 5.99. The monoisotopic (exact) mass is 341 g/mol. The molecular formula is C19H19NO5. The highest BCUT2D eigenvalue weighted by Crippen LogP contribution is 2.32. The third-order valence-electron chi connectivity index (χ3n) is 4.42. The molecule has 130 valence electrons. The van der Waals surface area contributed by atoms with Crippen LogP contribution in [0.5, 0.6) is 11.5 Å². The van der Waals surface area contributed by atoms with Crippen LogP contribution in [0.2, 0.25) is 0 Å². The molecule has 0 saturated heterocycles. The number of nitro benzene ring substituents is 1. The second-order valence-electron chi connectivity index (χ2n) is 6.05. The van der Waals surface area contributed by atoms with Crippen molar-refractivity contribution in [1.29, 1.82) is 0 Å².